The van der Waals surface area contributed by atoms with Crippen molar-refractivity contribution < 1.29 is 32.6 Å². The monoisotopic (exact) mass is 562 g/mol. The van der Waals surface area contributed by atoms with Crippen molar-refractivity contribution in [3.8, 4) is 0 Å². The fourth-order valence-corrected chi connectivity index (χ4v) is 5.88. The predicted molar refractivity (Wildman–Crippen MR) is 142 cm³/mol. The lowest BCUT2D eigenvalue weighted by Gasteiger charge is -2.46. The van der Waals surface area contributed by atoms with Gasteiger partial charge in [-0.3, -0.25) is 14.6 Å². The molecule has 1 saturated carbocycles. The number of pyridine rings is 1. The number of hydrogen-bond donors (Lipinski definition) is 4. The molecule has 2 aliphatic rings. The number of carbonyl (C=O) groups is 2. The third-order valence-corrected chi connectivity index (χ3v) is 7.99. The van der Waals surface area contributed by atoms with Gasteiger partial charge in [-0.1, -0.05) is 19.1 Å². The lowest BCUT2D eigenvalue weighted by Crippen LogP contribution is -2.64. The average molecular weight is 563 g/mol. The first kappa shape index (κ1) is 30.0. The normalized spacial score (nSPS) is 26.9. The molecule has 4 N–H and O–H groups in total. The van der Waals surface area contributed by atoms with Crippen LogP contribution in [0.3, 0.4) is 0 Å². The number of rotatable bonds is 9. The number of carbonyl (C=O) groups excluding carboxylic acids is 2. The van der Waals surface area contributed by atoms with E-state index >= 15 is 0 Å². The van der Waals surface area contributed by atoms with E-state index in [1.54, 1.807) is 0 Å². The zero-order valence-electron chi connectivity index (χ0n) is 22.8. The van der Waals surface area contributed by atoms with Gasteiger partial charge < -0.3 is 25.8 Å². The molecule has 1 aromatic carbocycles. The van der Waals surface area contributed by atoms with E-state index in [1.165, 1.54) is 6.07 Å². The summed E-state index contributed by atoms with van der Waals surface area (Å²) >= 11 is 0. The van der Waals surface area contributed by atoms with Crippen LogP contribution in [-0.2, 0) is 21.3 Å². The first-order chi connectivity index (χ1) is 19.0. The van der Waals surface area contributed by atoms with Crippen molar-refractivity contribution in [1.29, 1.82) is 0 Å². The number of halogens is 3. The highest BCUT2D eigenvalue weighted by Crippen LogP contribution is 2.44. The summed E-state index contributed by atoms with van der Waals surface area (Å²) in [5.74, 6) is -1.25. The van der Waals surface area contributed by atoms with E-state index in [-0.39, 0.29) is 17.6 Å². The summed E-state index contributed by atoms with van der Waals surface area (Å²) < 4.78 is 45.3. The van der Waals surface area contributed by atoms with Crippen LogP contribution in [0.5, 0.6) is 0 Å². The van der Waals surface area contributed by atoms with E-state index in [2.05, 4.69) is 20.9 Å². The Labute approximate surface area is 232 Å². The zero-order chi connectivity index (χ0) is 29.0. The van der Waals surface area contributed by atoms with Crippen molar-refractivity contribution >= 4 is 11.8 Å². The molecule has 0 spiro atoms. The van der Waals surface area contributed by atoms with Crippen LogP contribution in [0.4, 0.5) is 13.2 Å². The smallest absolute Gasteiger partial charge is 0.384 e. The molecule has 1 aliphatic heterocycles. The molecule has 0 unspecified atom stereocenters. The number of aryl methyl sites for hydroxylation is 1. The SMILES string of the molecule is CCCO[C@H]1CNC[C@@]1(NC(=O)CNC(=O)c1cccc(C(F)(F)F)c1)C1CCC(O)(c2cccc(C)n2)CC1. The van der Waals surface area contributed by atoms with Crippen molar-refractivity contribution in [3.05, 3.63) is 65.0 Å². The Bertz CT molecular complexity index is 1200. The minimum Gasteiger partial charge on any atom is -0.384 e. The number of hydrogen-bond acceptors (Lipinski definition) is 6. The van der Waals surface area contributed by atoms with Gasteiger partial charge in [0.25, 0.3) is 5.91 Å². The summed E-state index contributed by atoms with van der Waals surface area (Å²) in [7, 11) is 0. The molecule has 218 valence electrons. The number of ether oxygens (including phenoxy) is 1. The van der Waals surface area contributed by atoms with Crippen molar-refractivity contribution in [2.24, 2.45) is 5.92 Å². The van der Waals surface area contributed by atoms with E-state index in [0.29, 0.717) is 51.1 Å². The van der Waals surface area contributed by atoms with Crippen LogP contribution < -0.4 is 16.0 Å². The highest BCUT2D eigenvalue weighted by molar-refractivity contribution is 5.96. The summed E-state index contributed by atoms with van der Waals surface area (Å²) in [6.07, 6.45) is -1.91. The van der Waals surface area contributed by atoms with Gasteiger partial charge in [-0.2, -0.15) is 13.2 Å². The van der Waals surface area contributed by atoms with Gasteiger partial charge >= 0.3 is 6.18 Å². The van der Waals surface area contributed by atoms with Crippen LogP contribution in [0, 0.1) is 12.8 Å². The maximum absolute atomic E-state index is 13.2. The summed E-state index contributed by atoms with van der Waals surface area (Å²) in [6, 6.07) is 9.67. The van der Waals surface area contributed by atoms with Gasteiger partial charge in [-0.15, -0.1) is 0 Å². The summed E-state index contributed by atoms with van der Waals surface area (Å²) in [5.41, 5.74) is -1.47. The largest absolute Gasteiger partial charge is 0.416 e. The molecule has 0 radical (unpaired) electrons. The predicted octanol–water partition coefficient (Wildman–Crippen LogP) is 3.47. The van der Waals surface area contributed by atoms with Crippen molar-refractivity contribution in [3.63, 3.8) is 0 Å². The average Bonchev–Trinajstić information content (AvgIpc) is 3.33. The van der Waals surface area contributed by atoms with Crippen LogP contribution >= 0.6 is 0 Å². The Hall–Kier alpha value is -3.02. The van der Waals surface area contributed by atoms with Gasteiger partial charge in [0.1, 0.15) is 5.60 Å². The van der Waals surface area contributed by atoms with Crippen LogP contribution in [-0.4, -0.2) is 59.8 Å². The van der Waals surface area contributed by atoms with E-state index in [4.69, 9.17) is 4.74 Å². The highest BCUT2D eigenvalue weighted by Gasteiger charge is 2.53. The maximum atomic E-state index is 13.2. The number of alkyl halides is 3. The molecule has 2 atom stereocenters. The molecule has 0 bridgehead atoms. The molecular weight excluding hydrogens is 525 g/mol. The molecule has 40 heavy (non-hydrogen) atoms. The standard InChI is InChI=1S/C29H37F3N4O4/c1-3-14-40-24-16-33-18-28(24,21-10-12-27(39,13-11-21)23-9-4-6-19(2)35-23)36-25(37)17-34-26(38)20-7-5-8-22(15-20)29(30,31)32/h4-9,15,21,24,33,39H,3,10-14,16-18H2,1-2H3,(H,34,38)(H,36,37)/t21?,24-,27?,28+/m0/s1. The van der Waals surface area contributed by atoms with Crippen molar-refractivity contribution in [2.75, 3.05) is 26.2 Å². The van der Waals surface area contributed by atoms with E-state index in [0.717, 1.165) is 30.3 Å². The Kier molecular flexibility index (Phi) is 9.16. The third kappa shape index (κ3) is 6.64. The molecule has 4 rings (SSSR count). The molecule has 2 aromatic rings. The van der Waals surface area contributed by atoms with Gasteiger partial charge in [0.15, 0.2) is 0 Å². The number of benzene rings is 1. The minimum atomic E-state index is -4.58. The van der Waals surface area contributed by atoms with E-state index in [9.17, 15) is 27.9 Å². The minimum absolute atomic E-state index is 0.0161. The molecule has 2 heterocycles. The Morgan fingerprint density at radius 2 is 1.90 bits per heavy atom. The van der Waals surface area contributed by atoms with Crippen LogP contribution in [0.25, 0.3) is 0 Å². The van der Waals surface area contributed by atoms with Crippen molar-refractivity contribution in [1.82, 2.24) is 20.9 Å². The lowest BCUT2D eigenvalue weighted by molar-refractivity contribution is -0.137. The van der Waals surface area contributed by atoms with E-state index < -0.39 is 41.2 Å². The fraction of sp³-hybridized carbons (Fsp3) is 0.552. The topological polar surface area (TPSA) is 113 Å². The summed E-state index contributed by atoms with van der Waals surface area (Å²) in [6.45, 7) is 5.00. The second-order valence-electron chi connectivity index (χ2n) is 10.8. The number of nitrogens with one attached hydrogen (secondary N) is 3. The van der Waals surface area contributed by atoms with E-state index in [1.807, 2.05) is 32.0 Å². The van der Waals surface area contributed by atoms with Crippen LogP contribution in [0.2, 0.25) is 0 Å². The molecule has 1 aromatic heterocycles. The first-order valence-electron chi connectivity index (χ1n) is 13.7. The molecule has 2 amide bonds. The maximum Gasteiger partial charge on any atom is 0.416 e. The Balaban J connectivity index is 1.46. The molecular formula is C29H37F3N4O4. The lowest BCUT2D eigenvalue weighted by atomic mass is 9.68. The Morgan fingerprint density at radius 1 is 1.18 bits per heavy atom. The van der Waals surface area contributed by atoms with Crippen LogP contribution in [0.1, 0.15) is 66.3 Å². The zero-order valence-corrected chi connectivity index (χ0v) is 22.8. The number of aliphatic hydroxyl groups is 1. The number of nitrogens with zero attached hydrogens (tertiary/aromatic N) is 1. The van der Waals surface area contributed by atoms with Gasteiger partial charge in [0.05, 0.1) is 29.4 Å². The van der Waals surface area contributed by atoms with Gasteiger partial charge in [0, 0.05) is 31.0 Å². The van der Waals surface area contributed by atoms with Crippen molar-refractivity contribution in [2.45, 2.75) is 69.4 Å². The second-order valence-corrected chi connectivity index (χ2v) is 10.8. The van der Waals surface area contributed by atoms with Gasteiger partial charge in [-0.05, 0) is 75.3 Å². The molecule has 2 fully saturated rings. The number of amides is 2. The highest BCUT2D eigenvalue weighted by atomic mass is 19.4. The third-order valence-electron chi connectivity index (χ3n) is 7.99. The molecule has 1 saturated heterocycles. The summed E-state index contributed by atoms with van der Waals surface area (Å²) in [5, 5.41) is 20.3. The van der Waals surface area contributed by atoms with Crippen LogP contribution in [0.15, 0.2) is 42.5 Å². The quantitative estimate of drug-likeness (QED) is 0.373. The molecule has 11 heteroatoms. The Morgan fingerprint density at radius 3 is 2.58 bits per heavy atom. The van der Waals surface area contributed by atoms with Gasteiger partial charge in [0.2, 0.25) is 5.91 Å². The molecule has 1 aliphatic carbocycles. The first-order valence-corrected chi connectivity index (χ1v) is 13.7. The summed E-state index contributed by atoms with van der Waals surface area (Å²) in [4.78, 5) is 30.3. The number of aromatic nitrogens is 1. The fourth-order valence-electron chi connectivity index (χ4n) is 5.88. The second kappa shape index (κ2) is 12.2. The molecule has 8 nitrogen and oxygen atoms in total. The van der Waals surface area contributed by atoms with Gasteiger partial charge in [-0.25, -0.2) is 0 Å².